The molecule has 0 aliphatic rings. The molecular weight excluding hydrogens is 254 g/mol. The van der Waals surface area contributed by atoms with E-state index in [1.165, 1.54) is 0 Å². The van der Waals surface area contributed by atoms with Crippen LogP contribution < -0.4 is 16.4 Å². The lowest BCUT2D eigenvalue weighted by molar-refractivity contribution is -0.140. The molecule has 0 fully saturated rings. The largest absolute Gasteiger partial charge is 0.480 e. The van der Waals surface area contributed by atoms with Crippen LogP contribution >= 0.6 is 0 Å². The number of carboxylic acids is 1. The number of carbonyl (C=O) groups excluding carboxylic acids is 2. The molecule has 2 atom stereocenters. The van der Waals surface area contributed by atoms with Gasteiger partial charge in [0.25, 0.3) is 0 Å². The number of ether oxygens (including phenoxy) is 1. The zero-order valence-electron chi connectivity index (χ0n) is 11.1. The average Bonchev–Trinajstić information content (AvgIpc) is 2.33. The minimum absolute atomic E-state index is 0.122. The first-order chi connectivity index (χ1) is 8.88. The highest BCUT2D eigenvalue weighted by molar-refractivity contribution is 5.82. The molecule has 0 saturated heterocycles. The van der Waals surface area contributed by atoms with E-state index in [1.807, 2.05) is 6.92 Å². The molecule has 0 aliphatic carbocycles. The van der Waals surface area contributed by atoms with E-state index in [0.717, 1.165) is 0 Å². The Hall–Kier alpha value is -1.83. The zero-order valence-corrected chi connectivity index (χ0v) is 11.1. The summed E-state index contributed by atoms with van der Waals surface area (Å²) in [5.41, 5.74) is 4.85. The Morgan fingerprint density at radius 1 is 1.37 bits per heavy atom. The Bertz CT molecular complexity index is 321. The lowest BCUT2D eigenvalue weighted by Gasteiger charge is -2.20. The van der Waals surface area contributed by atoms with Crippen molar-refractivity contribution in [1.82, 2.24) is 10.6 Å². The summed E-state index contributed by atoms with van der Waals surface area (Å²) in [4.78, 5) is 32.8. The molecule has 0 aliphatic heterocycles. The summed E-state index contributed by atoms with van der Waals surface area (Å²) in [5.74, 6) is -1.84. The van der Waals surface area contributed by atoms with Gasteiger partial charge in [0.05, 0.1) is 6.61 Å². The first-order valence-corrected chi connectivity index (χ1v) is 6.01. The molecule has 0 aromatic rings. The fourth-order valence-corrected chi connectivity index (χ4v) is 1.28. The fraction of sp³-hybridized carbons (Fsp3) is 0.727. The third kappa shape index (κ3) is 7.98. The maximum absolute atomic E-state index is 11.4. The summed E-state index contributed by atoms with van der Waals surface area (Å²) in [7, 11) is 0. The number of amides is 3. The van der Waals surface area contributed by atoms with Crippen LogP contribution in [-0.2, 0) is 14.3 Å². The summed E-state index contributed by atoms with van der Waals surface area (Å²) in [5, 5.41) is 13.8. The van der Waals surface area contributed by atoms with Gasteiger partial charge in [0.2, 0.25) is 5.91 Å². The van der Waals surface area contributed by atoms with Gasteiger partial charge in [-0.1, -0.05) is 20.3 Å². The molecule has 0 spiro atoms. The van der Waals surface area contributed by atoms with Crippen LogP contribution in [-0.4, -0.2) is 48.8 Å². The first-order valence-electron chi connectivity index (χ1n) is 6.01. The SMILES string of the molecule is CCC(C)C(NC(=O)NCCOCC(N)=O)C(=O)O. The van der Waals surface area contributed by atoms with Crippen LogP contribution in [0, 0.1) is 5.92 Å². The quantitative estimate of drug-likeness (QED) is 0.413. The van der Waals surface area contributed by atoms with Crippen molar-refractivity contribution in [2.45, 2.75) is 26.3 Å². The number of carboxylic acid groups (broad SMARTS) is 1. The van der Waals surface area contributed by atoms with Crippen LogP contribution in [0.25, 0.3) is 0 Å². The van der Waals surface area contributed by atoms with E-state index in [0.29, 0.717) is 6.42 Å². The highest BCUT2D eigenvalue weighted by Crippen LogP contribution is 2.07. The minimum atomic E-state index is -1.07. The molecule has 5 N–H and O–H groups in total. The van der Waals surface area contributed by atoms with Crippen LogP contribution in [0.2, 0.25) is 0 Å². The third-order valence-electron chi connectivity index (χ3n) is 2.54. The van der Waals surface area contributed by atoms with Gasteiger partial charge in [-0.2, -0.15) is 0 Å². The molecule has 0 radical (unpaired) electrons. The van der Waals surface area contributed by atoms with Gasteiger partial charge in [-0.3, -0.25) is 4.79 Å². The van der Waals surface area contributed by atoms with Gasteiger partial charge in [-0.15, -0.1) is 0 Å². The Morgan fingerprint density at radius 2 is 2.00 bits per heavy atom. The van der Waals surface area contributed by atoms with Crippen molar-refractivity contribution in [3.05, 3.63) is 0 Å². The number of rotatable bonds is 9. The second-order valence-corrected chi connectivity index (χ2v) is 4.12. The highest BCUT2D eigenvalue weighted by atomic mass is 16.5. The normalized spacial score (nSPS) is 13.4. The van der Waals surface area contributed by atoms with E-state index in [4.69, 9.17) is 15.6 Å². The summed E-state index contributed by atoms with van der Waals surface area (Å²) in [6.07, 6.45) is 0.638. The number of nitrogens with two attached hydrogens (primary N) is 1. The summed E-state index contributed by atoms with van der Waals surface area (Å²) < 4.78 is 4.83. The van der Waals surface area contributed by atoms with Crippen LogP contribution in [0.15, 0.2) is 0 Å². The molecule has 8 nitrogen and oxygen atoms in total. The van der Waals surface area contributed by atoms with Gasteiger partial charge < -0.3 is 26.2 Å². The second-order valence-electron chi connectivity index (χ2n) is 4.12. The standard InChI is InChI=1S/C11H21N3O5/c1-3-7(2)9(10(16)17)14-11(18)13-4-5-19-6-8(12)15/h7,9H,3-6H2,1-2H3,(H2,12,15)(H,16,17)(H2,13,14,18). The van der Waals surface area contributed by atoms with Gasteiger partial charge in [-0.05, 0) is 5.92 Å². The molecule has 3 amide bonds. The Morgan fingerprint density at radius 3 is 2.47 bits per heavy atom. The number of primary amides is 1. The molecule has 0 aromatic carbocycles. The predicted molar refractivity (Wildman–Crippen MR) is 67.4 cm³/mol. The van der Waals surface area contributed by atoms with Gasteiger partial charge >= 0.3 is 12.0 Å². The predicted octanol–water partition coefficient (Wildman–Crippen LogP) is -0.713. The lowest BCUT2D eigenvalue weighted by atomic mass is 9.99. The molecule has 0 heterocycles. The van der Waals surface area contributed by atoms with Crippen molar-refractivity contribution < 1.29 is 24.2 Å². The topological polar surface area (TPSA) is 131 Å². The molecule has 19 heavy (non-hydrogen) atoms. The highest BCUT2D eigenvalue weighted by Gasteiger charge is 2.24. The van der Waals surface area contributed by atoms with Gasteiger partial charge in [0.1, 0.15) is 12.6 Å². The van der Waals surface area contributed by atoms with E-state index in [-0.39, 0.29) is 25.7 Å². The zero-order chi connectivity index (χ0) is 14.8. The molecule has 0 bridgehead atoms. The molecule has 2 unspecified atom stereocenters. The van der Waals surface area contributed by atoms with Crippen molar-refractivity contribution in [2.24, 2.45) is 11.7 Å². The maximum Gasteiger partial charge on any atom is 0.326 e. The van der Waals surface area contributed by atoms with E-state index in [9.17, 15) is 14.4 Å². The van der Waals surface area contributed by atoms with Gasteiger partial charge in [-0.25, -0.2) is 9.59 Å². The van der Waals surface area contributed by atoms with Gasteiger partial charge in [0, 0.05) is 6.54 Å². The summed E-state index contributed by atoms with van der Waals surface area (Å²) in [6, 6.07) is -1.52. The number of nitrogens with one attached hydrogen (secondary N) is 2. The molecular formula is C11H21N3O5. The summed E-state index contributed by atoms with van der Waals surface area (Å²) in [6.45, 7) is 3.66. The van der Waals surface area contributed by atoms with Crippen molar-refractivity contribution in [3.63, 3.8) is 0 Å². The number of hydrogen-bond acceptors (Lipinski definition) is 4. The first kappa shape index (κ1) is 17.2. The Kier molecular flexibility index (Phi) is 8.27. The van der Waals surface area contributed by atoms with Crippen molar-refractivity contribution in [1.29, 1.82) is 0 Å². The fourth-order valence-electron chi connectivity index (χ4n) is 1.28. The number of hydrogen-bond donors (Lipinski definition) is 4. The Labute approximate surface area is 111 Å². The van der Waals surface area contributed by atoms with Crippen molar-refractivity contribution >= 4 is 17.9 Å². The lowest BCUT2D eigenvalue weighted by Crippen LogP contribution is -2.49. The molecule has 0 saturated carbocycles. The van der Waals surface area contributed by atoms with E-state index in [2.05, 4.69) is 10.6 Å². The maximum atomic E-state index is 11.4. The Balaban J connectivity index is 3.94. The second kappa shape index (κ2) is 9.15. The van der Waals surface area contributed by atoms with E-state index < -0.39 is 23.9 Å². The average molecular weight is 275 g/mol. The van der Waals surface area contributed by atoms with E-state index in [1.54, 1.807) is 6.92 Å². The molecule has 110 valence electrons. The molecule has 8 heteroatoms. The van der Waals surface area contributed by atoms with Crippen LogP contribution in [0.1, 0.15) is 20.3 Å². The van der Waals surface area contributed by atoms with Crippen molar-refractivity contribution in [2.75, 3.05) is 19.8 Å². The van der Waals surface area contributed by atoms with Crippen LogP contribution in [0.5, 0.6) is 0 Å². The summed E-state index contributed by atoms with van der Waals surface area (Å²) >= 11 is 0. The van der Waals surface area contributed by atoms with E-state index >= 15 is 0 Å². The monoisotopic (exact) mass is 275 g/mol. The van der Waals surface area contributed by atoms with Crippen molar-refractivity contribution in [3.8, 4) is 0 Å². The third-order valence-corrected chi connectivity index (χ3v) is 2.54. The smallest absolute Gasteiger partial charge is 0.326 e. The minimum Gasteiger partial charge on any atom is -0.480 e. The number of carbonyl (C=O) groups is 3. The van der Waals surface area contributed by atoms with Crippen LogP contribution in [0.4, 0.5) is 4.79 Å². The van der Waals surface area contributed by atoms with Crippen LogP contribution in [0.3, 0.4) is 0 Å². The van der Waals surface area contributed by atoms with Gasteiger partial charge in [0.15, 0.2) is 0 Å². The number of urea groups is 1. The number of aliphatic carboxylic acids is 1. The molecule has 0 aromatic heterocycles. The molecule has 0 rings (SSSR count).